The first-order valence-corrected chi connectivity index (χ1v) is 7.92. The molecule has 0 aromatic heterocycles. The third kappa shape index (κ3) is 3.60. The Morgan fingerprint density at radius 2 is 1.74 bits per heavy atom. The second-order valence-corrected chi connectivity index (χ2v) is 5.93. The molecule has 3 rings (SSSR count). The molecule has 0 bridgehead atoms. The van der Waals surface area contributed by atoms with E-state index in [1.165, 1.54) is 10.5 Å². The Kier molecular flexibility index (Phi) is 4.74. The van der Waals surface area contributed by atoms with E-state index in [0.717, 1.165) is 6.42 Å². The zero-order valence-corrected chi connectivity index (χ0v) is 13.3. The molecule has 0 aliphatic carbocycles. The predicted octanol–water partition coefficient (Wildman–Crippen LogP) is 2.80. The van der Waals surface area contributed by atoms with Gasteiger partial charge in [0.05, 0.1) is 18.2 Å². The lowest BCUT2D eigenvalue weighted by atomic mass is 10.1. The highest BCUT2D eigenvalue weighted by Gasteiger charge is 2.39. The minimum absolute atomic E-state index is 0.186. The average Bonchev–Trinajstić information content (AvgIpc) is 2.84. The number of imide groups is 1. The molecule has 1 N–H and O–H groups in total. The van der Waals surface area contributed by atoms with Crippen LogP contribution in [0.25, 0.3) is 0 Å². The highest BCUT2D eigenvalue weighted by atomic mass is 35.5. The summed E-state index contributed by atoms with van der Waals surface area (Å²) in [6.45, 7) is 0.655. The Bertz CT molecular complexity index is 701. The molecule has 1 heterocycles. The van der Waals surface area contributed by atoms with Crippen molar-refractivity contribution in [1.82, 2.24) is 5.32 Å². The van der Waals surface area contributed by atoms with Crippen molar-refractivity contribution in [2.75, 3.05) is 11.4 Å². The van der Waals surface area contributed by atoms with Gasteiger partial charge >= 0.3 is 0 Å². The molecular formula is C18H17ClN2O2. The molecule has 1 aliphatic rings. The van der Waals surface area contributed by atoms with Gasteiger partial charge in [0, 0.05) is 5.02 Å². The third-order valence-electron chi connectivity index (χ3n) is 3.88. The Hall–Kier alpha value is -2.17. The SMILES string of the molecule is O=C1C[C@@H](NCCc2ccccc2)C(=O)N1c1ccc(Cl)cc1. The Morgan fingerprint density at radius 1 is 1.04 bits per heavy atom. The highest BCUT2D eigenvalue weighted by molar-refractivity contribution is 6.30. The maximum absolute atomic E-state index is 12.5. The van der Waals surface area contributed by atoms with E-state index >= 15 is 0 Å². The quantitative estimate of drug-likeness (QED) is 0.859. The predicted molar refractivity (Wildman–Crippen MR) is 90.5 cm³/mol. The van der Waals surface area contributed by atoms with Crippen LogP contribution in [0.2, 0.25) is 5.02 Å². The van der Waals surface area contributed by atoms with E-state index in [2.05, 4.69) is 5.32 Å². The Balaban J connectivity index is 1.61. The number of benzene rings is 2. The van der Waals surface area contributed by atoms with Crippen molar-refractivity contribution in [3.05, 3.63) is 65.2 Å². The first kappa shape index (κ1) is 15.7. The fraction of sp³-hybridized carbons (Fsp3) is 0.222. The topological polar surface area (TPSA) is 49.4 Å². The number of amides is 2. The molecule has 23 heavy (non-hydrogen) atoms. The van der Waals surface area contributed by atoms with E-state index in [1.54, 1.807) is 24.3 Å². The van der Waals surface area contributed by atoms with Crippen molar-refractivity contribution >= 4 is 29.1 Å². The molecule has 0 spiro atoms. The van der Waals surface area contributed by atoms with Crippen LogP contribution in [0.15, 0.2) is 54.6 Å². The van der Waals surface area contributed by atoms with Crippen molar-refractivity contribution in [2.45, 2.75) is 18.9 Å². The van der Waals surface area contributed by atoms with Crippen LogP contribution in [-0.2, 0) is 16.0 Å². The maximum Gasteiger partial charge on any atom is 0.251 e. The Labute approximate surface area is 140 Å². The van der Waals surface area contributed by atoms with E-state index in [9.17, 15) is 9.59 Å². The summed E-state index contributed by atoms with van der Waals surface area (Å²) in [6.07, 6.45) is 1.01. The molecule has 1 saturated heterocycles. The first-order chi connectivity index (χ1) is 11.1. The fourth-order valence-corrected chi connectivity index (χ4v) is 2.81. The number of carbonyl (C=O) groups is 2. The number of carbonyl (C=O) groups excluding carboxylic acids is 2. The largest absolute Gasteiger partial charge is 0.305 e. The molecule has 0 unspecified atom stereocenters. The van der Waals surface area contributed by atoms with E-state index in [0.29, 0.717) is 17.3 Å². The molecule has 1 aliphatic heterocycles. The average molecular weight is 329 g/mol. The van der Waals surface area contributed by atoms with Crippen molar-refractivity contribution in [2.24, 2.45) is 0 Å². The van der Waals surface area contributed by atoms with Gasteiger partial charge in [-0.25, -0.2) is 4.90 Å². The van der Waals surface area contributed by atoms with Crippen LogP contribution in [-0.4, -0.2) is 24.4 Å². The number of rotatable bonds is 5. The summed E-state index contributed by atoms with van der Waals surface area (Å²) in [5.41, 5.74) is 1.77. The van der Waals surface area contributed by atoms with Gasteiger partial charge in [-0.1, -0.05) is 41.9 Å². The van der Waals surface area contributed by atoms with Crippen LogP contribution in [0, 0.1) is 0 Å². The Morgan fingerprint density at radius 3 is 2.43 bits per heavy atom. The zero-order valence-electron chi connectivity index (χ0n) is 12.5. The van der Waals surface area contributed by atoms with Gasteiger partial charge in [0.2, 0.25) is 5.91 Å². The minimum Gasteiger partial charge on any atom is -0.305 e. The van der Waals surface area contributed by atoms with Crippen LogP contribution in [0.5, 0.6) is 0 Å². The summed E-state index contributed by atoms with van der Waals surface area (Å²) in [5.74, 6) is -0.389. The van der Waals surface area contributed by atoms with Gasteiger partial charge in [0.25, 0.3) is 5.91 Å². The molecule has 118 valence electrons. The monoisotopic (exact) mass is 328 g/mol. The third-order valence-corrected chi connectivity index (χ3v) is 4.13. The molecule has 2 aromatic carbocycles. The van der Waals surface area contributed by atoms with Crippen molar-refractivity contribution in [3.8, 4) is 0 Å². The second kappa shape index (κ2) is 6.94. The zero-order chi connectivity index (χ0) is 16.2. The van der Waals surface area contributed by atoms with Crippen LogP contribution < -0.4 is 10.2 Å². The lowest BCUT2D eigenvalue weighted by Crippen LogP contribution is -2.39. The molecule has 5 heteroatoms. The molecule has 0 radical (unpaired) electrons. The van der Waals surface area contributed by atoms with Crippen molar-refractivity contribution < 1.29 is 9.59 Å². The summed E-state index contributed by atoms with van der Waals surface area (Å²) in [4.78, 5) is 25.8. The van der Waals surface area contributed by atoms with Crippen molar-refractivity contribution in [1.29, 1.82) is 0 Å². The van der Waals surface area contributed by atoms with Gasteiger partial charge in [-0.3, -0.25) is 9.59 Å². The van der Waals surface area contributed by atoms with Crippen LogP contribution >= 0.6 is 11.6 Å². The van der Waals surface area contributed by atoms with E-state index in [-0.39, 0.29) is 18.2 Å². The molecule has 1 atom stereocenters. The molecule has 1 fully saturated rings. The van der Waals surface area contributed by atoms with Crippen LogP contribution in [0.3, 0.4) is 0 Å². The van der Waals surface area contributed by atoms with Gasteiger partial charge in [-0.05, 0) is 42.8 Å². The molecule has 2 aromatic rings. The number of hydrogen-bond donors (Lipinski definition) is 1. The number of anilines is 1. The summed E-state index contributed by atoms with van der Waals surface area (Å²) in [7, 11) is 0. The number of halogens is 1. The number of nitrogens with one attached hydrogen (secondary N) is 1. The van der Waals surface area contributed by atoms with Crippen LogP contribution in [0.4, 0.5) is 5.69 Å². The minimum atomic E-state index is -0.457. The number of hydrogen-bond acceptors (Lipinski definition) is 3. The first-order valence-electron chi connectivity index (χ1n) is 7.55. The fourth-order valence-electron chi connectivity index (χ4n) is 2.69. The number of nitrogens with zero attached hydrogens (tertiary/aromatic N) is 1. The molecular weight excluding hydrogens is 312 g/mol. The van der Waals surface area contributed by atoms with Gasteiger partial charge in [-0.2, -0.15) is 0 Å². The van der Waals surface area contributed by atoms with E-state index in [4.69, 9.17) is 11.6 Å². The summed E-state index contributed by atoms with van der Waals surface area (Å²) < 4.78 is 0. The summed E-state index contributed by atoms with van der Waals surface area (Å²) in [6, 6.07) is 16.3. The smallest absolute Gasteiger partial charge is 0.251 e. The summed E-state index contributed by atoms with van der Waals surface area (Å²) in [5, 5.41) is 3.76. The second-order valence-electron chi connectivity index (χ2n) is 5.49. The standard InChI is InChI=1S/C18H17ClN2O2/c19-14-6-8-15(9-7-14)21-17(22)12-16(18(21)23)20-11-10-13-4-2-1-3-5-13/h1-9,16,20H,10-12H2/t16-/m1/s1. The summed E-state index contributed by atoms with van der Waals surface area (Å²) >= 11 is 5.85. The van der Waals surface area contributed by atoms with Crippen molar-refractivity contribution in [3.63, 3.8) is 0 Å². The molecule has 2 amide bonds. The molecule has 4 nitrogen and oxygen atoms in total. The van der Waals surface area contributed by atoms with E-state index in [1.807, 2.05) is 30.3 Å². The lowest BCUT2D eigenvalue weighted by Gasteiger charge is -2.15. The van der Waals surface area contributed by atoms with Gasteiger partial charge in [0.15, 0.2) is 0 Å². The molecule has 0 saturated carbocycles. The van der Waals surface area contributed by atoms with Gasteiger partial charge in [0.1, 0.15) is 0 Å². The van der Waals surface area contributed by atoms with E-state index < -0.39 is 6.04 Å². The lowest BCUT2D eigenvalue weighted by molar-refractivity contribution is -0.121. The van der Waals surface area contributed by atoms with Gasteiger partial charge in [-0.15, -0.1) is 0 Å². The highest BCUT2D eigenvalue weighted by Crippen LogP contribution is 2.24. The maximum atomic E-state index is 12.5. The van der Waals surface area contributed by atoms with Gasteiger partial charge < -0.3 is 5.32 Å². The normalized spacial score (nSPS) is 17.8. The van der Waals surface area contributed by atoms with Crippen LogP contribution in [0.1, 0.15) is 12.0 Å².